The second-order valence-electron chi connectivity index (χ2n) is 13.6. The Hall–Kier alpha value is -4.15. The molecule has 51 heavy (non-hydrogen) atoms. The van der Waals surface area contributed by atoms with E-state index in [2.05, 4.69) is 63.4 Å². The van der Waals surface area contributed by atoms with E-state index in [1.54, 1.807) is 12.4 Å². The summed E-state index contributed by atoms with van der Waals surface area (Å²) >= 11 is 6.80. The number of primary amides is 1. The van der Waals surface area contributed by atoms with Gasteiger partial charge < -0.3 is 35.4 Å². The summed E-state index contributed by atoms with van der Waals surface area (Å²) in [6.07, 6.45) is 8.33. The Labute approximate surface area is 306 Å². The molecule has 0 radical (unpaired) electrons. The number of likely N-dealkylation sites (tertiary alicyclic amines) is 1. The zero-order valence-corrected chi connectivity index (χ0v) is 30.3. The molecule has 1 fully saturated rings. The van der Waals surface area contributed by atoms with Crippen molar-refractivity contribution in [2.45, 2.75) is 71.3 Å². The minimum absolute atomic E-state index is 0.125. The fraction of sp³-hybridized carbons (Fsp3) is 0.415. The maximum Gasteiger partial charge on any atom is 0.217 e. The number of fused-ring (bicyclic) bond motifs is 1. The first-order valence-corrected chi connectivity index (χ1v) is 18.6. The van der Waals surface area contributed by atoms with Gasteiger partial charge in [0.05, 0.1) is 11.1 Å². The SMILES string of the molecule is Cc1c(COc2cc(OCc3cccnc3)c(CNCCCC(N)=O)cc2Cl)cccc1-c1cccc2c1CCN2CCCN1CCC(O)CC1. The molecule has 0 bridgehead atoms. The van der Waals surface area contributed by atoms with Crippen molar-refractivity contribution in [3.63, 3.8) is 0 Å². The fourth-order valence-electron chi connectivity index (χ4n) is 7.12. The number of aliphatic hydroxyl groups excluding tert-OH is 1. The normalized spacial score (nSPS) is 14.8. The molecule has 4 aromatic rings. The average Bonchev–Trinajstić information content (AvgIpc) is 3.55. The third kappa shape index (κ3) is 9.80. The van der Waals surface area contributed by atoms with Gasteiger partial charge in [-0.2, -0.15) is 0 Å². The van der Waals surface area contributed by atoms with E-state index in [1.165, 1.54) is 27.9 Å². The van der Waals surface area contributed by atoms with Crippen LogP contribution in [-0.2, 0) is 31.0 Å². The van der Waals surface area contributed by atoms with Crippen molar-refractivity contribution < 1.29 is 19.4 Å². The summed E-state index contributed by atoms with van der Waals surface area (Å²) in [5.41, 5.74) is 14.7. The number of anilines is 1. The lowest BCUT2D eigenvalue weighted by Crippen LogP contribution is -2.37. The monoisotopic (exact) mass is 711 g/mol. The van der Waals surface area contributed by atoms with Crippen molar-refractivity contribution in [1.29, 1.82) is 0 Å². The standard InChI is InChI=1S/C41H50ClN5O4/c1-29-31(8-2-9-34(29)35-10-3-11-38-36(35)15-22-47(38)19-6-18-46-20-13-33(48)14-21-46)28-51-40-24-39(50-27-30-7-4-16-44-25-30)32(23-37(40)42)26-45-17-5-12-41(43)49/h2-4,7-11,16,23-25,33,45,48H,5-6,12-15,17-22,26-28H2,1H3,(H2,43,49). The number of carbonyl (C=O) groups excluding carboxylic acids is 1. The van der Waals surface area contributed by atoms with Gasteiger partial charge >= 0.3 is 0 Å². The summed E-state index contributed by atoms with van der Waals surface area (Å²) in [5, 5.41) is 13.7. The number of pyridine rings is 1. The van der Waals surface area contributed by atoms with Crippen molar-refractivity contribution in [2.75, 3.05) is 44.2 Å². The number of halogens is 1. The molecular weight excluding hydrogens is 662 g/mol. The number of hydrogen-bond donors (Lipinski definition) is 3. The molecule has 0 spiro atoms. The van der Waals surface area contributed by atoms with Gasteiger partial charge in [-0.3, -0.25) is 9.78 Å². The Morgan fingerprint density at radius 1 is 0.961 bits per heavy atom. The summed E-state index contributed by atoms with van der Waals surface area (Å²) in [6.45, 7) is 9.21. The van der Waals surface area contributed by atoms with Crippen molar-refractivity contribution >= 4 is 23.2 Å². The average molecular weight is 712 g/mol. The largest absolute Gasteiger partial charge is 0.488 e. The number of nitrogens with zero attached hydrogens (tertiary/aromatic N) is 3. The first-order valence-electron chi connectivity index (χ1n) is 18.2. The number of piperidine rings is 1. The van der Waals surface area contributed by atoms with Crippen LogP contribution in [0.3, 0.4) is 0 Å². The summed E-state index contributed by atoms with van der Waals surface area (Å²) in [7, 11) is 0. The molecule has 6 rings (SSSR count). The van der Waals surface area contributed by atoms with Crippen LogP contribution in [0.2, 0.25) is 5.02 Å². The van der Waals surface area contributed by atoms with Gasteiger partial charge in [0, 0.05) is 74.4 Å². The van der Waals surface area contributed by atoms with Crippen LogP contribution < -0.4 is 25.4 Å². The first kappa shape index (κ1) is 36.6. The van der Waals surface area contributed by atoms with E-state index in [1.807, 2.05) is 24.3 Å². The van der Waals surface area contributed by atoms with E-state index >= 15 is 0 Å². The predicted octanol–water partition coefficient (Wildman–Crippen LogP) is 6.43. The van der Waals surface area contributed by atoms with Gasteiger partial charge in [0.25, 0.3) is 0 Å². The van der Waals surface area contributed by atoms with Crippen molar-refractivity contribution in [2.24, 2.45) is 5.73 Å². The molecule has 0 aliphatic carbocycles. The van der Waals surface area contributed by atoms with Gasteiger partial charge in [0.2, 0.25) is 5.91 Å². The Balaban J connectivity index is 1.13. The number of hydrogen-bond acceptors (Lipinski definition) is 8. The summed E-state index contributed by atoms with van der Waals surface area (Å²) in [4.78, 5) is 20.4. The van der Waals surface area contributed by atoms with Crippen LogP contribution in [0.15, 0.2) is 73.1 Å². The number of rotatable bonds is 17. The Morgan fingerprint density at radius 2 is 1.76 bits per heavy atom. The summed E-state index contributed by atoms with van der Waals surface area (Å²) in [5.74, 6) is 0.919. The molecule has 1 amide bonds. The van der Waals surface area contributed by atoms with Gasteiger partial charge in [-0.05, 0) is 98.1 Å². The molecule has 0 unspecified atom stereocenters. The lowest BCUT2D eigenvalue weighted by atomic mass is 9.92. The fourth-order valence-corrected chi connectivity index (χ4v) is 7.36. The Bertz CT molecular complexity index is 1760. The third-order valence-electron chi connectivity index (χ3n) is 10.0. The predicted molar refractivity (Wildman–Crippen MR) is 203 cm³/mol. The van der Waals surface area contributed by atoms with Gasteiger partial charge in [-0.1, -0.05) is 48.0 Å². The quantitative estimate of drug-likeness (QED) is 0.107. The van der Waals surface area contributed by atoms with E-state index in [9.17, 15) is 9.90 Å². The zero-order valence-electron chi connectivity index (χ0n) is 29.6. The van der Waals surface area contributed by atoms with Gasteiger partial charge in [0.15, 0.2) is 0 Å². The van der Waals surface area contributed by atoms with Crippen LogP contribution in [0.1, 0.15) is 59.9 Å². The summed E-state index contributed by atoms with van der Waals surface area (Å²) in [6, 6.07) is 20.7. The van der Waals surface area contributed by atoms with E-state index in [4.69, 9.17) is 26.8 Å². The molecule has 0 saturated carbocycles. The summed E-state index contributed by atoms with van der Waals surface area (Å²) < 4.78 is 12.7. The van der Waals surface area contributed by atoms with Crippen LogP contribution in [0.25, 0.3) is 11.1 Å². The number of amides is 1. The van der Waals surface area contributed by atoms with E-state index in [0.717, 1.165) is 75.1 Å². The molecule has 2 aliphatic rings. The Kier molecular flexibility index (Phi) is 12.8. The highest BCUT2D eigenvalue weighted by Gasteiger charge is 2.24. The number of aliphatic hydroxyl groups is 1. The Morgan fingerprint density at radius 3 is 2.57 bits per heavy atom. The van der Waals surface area contributed by atoms with Crippen molar-refractivity contribution in [1.82, 2.24) is 15.2 Å². The third-order valence-corrected chi connectivity index (χ3v) is 10.3. The molecule has 2 aliphatic heterocycles. The molecule has 9 nitrogen and oxygen atoms in total. The molecule has 3 heterocycles. The number of benzene rings is 3. The van der Waals surface area contributed by atoms with Crippen LogP contribution in [0.4, 0.5) is 5.69 Å². The van der Waals surface area contributed by atoms with Crippen molar-refractivity contribution in [3.05, 3.63) is 106 Å². The van der Waals surface area contributed by atoms with E-state index in [0.29, 0.717) is 55.7 Å². The molecule has 1 saturated heterocycles. The van der Waals surface area contributed by atoms with E-state index in [-0.39, 0.29) is 12.0 Å². The zero-order chi connectivity index (χ0) is 35.6. The minimum atomic E-state index is -0.306. The molecular formula is C41H50ClN5O4. The maximum atomic E-state index is 11.1. The first-order chi connectivity index (χ1) is 24.9. The number of aromatic nitrogens is 1. The van der Waals surface area contributed by atoms with Gasteiger partial charge in [-0.15, -0.1) is 0 Å². The lowest BCUT2D eigenvalue weighted by molar-refractivity contribution is -0.118. The van der Waals surface area contributed by atoms with Crippen LogP contribution in [-0.4, -0.2) is 66.3 Å². The lowest BCUT2D eigenvalue weighted by Gasteiger charge is -2.30. The molecule has 4 N–H and O–H groups in total. The highest BCUT2D eigenvalue weighted by molar-refractivity contribution is 6.32. The maximum absolute atomic E-state index is 11.1. The smallest absolute Gasteiger partial charge is 0.217 e. The number of nitrogens with one attached hydrogen (secondary N) is 1. The highest BCUT2D eigenvalue weighted by Crippen LogP contribution is 2.39. The topological polar surface area (TPSA) is 113 Å². The second kappa shape index (κ2) is 17.9. The molecule has 3 aromatic carbocycles. The van der Waals surface area contributed by atoms with E-state index < -0.39 is 0 Å². The van der Waals surface area contributed by atoms with Crippen molar-refractivity contribution in [3.8, 4) is 22.6 Å². The van der Waals surface area contributed by atoms with Gasteiger partial charge in [-0.25, -0.2) is 0 Å². The van der Waals surface area contributed by atoms with Gasteiger partial charge in [0.1, 0.15) is 24.7 Å². The molecule has 0 atom stereocenters. The molecule has 1 aromatic heterocycles. The van der Waals surface area contributed by atoms with Crippen LogP contribution >= 0.6 is 11.6 Å². The second-order valence-corrected chi connectivity index (χ2v) is 14.0. The highest BCUT2D eigenvalue weighted by atomic mass is 35.5. The molecule has 10 heteroatoms. The number of ether oxygens (including phenoxy) is 2. The molecule has 270 valence electrons. The van der Waals surface area contributed by atoms with Crippen LogP contribution in [0, 0.1) is 6.92 Å². The minimum Gasteiger partial charge on any atom is -0.488 e. The van der Waals surface area contributed by atoms with Crippen LogP contribution in [0.5, 0.6) is 11.5 Å². The number of carbonyl (C=O) groups is 1. The number of nitrogens with two attached hydrogens (primary N) is 1.